The van der Waals surface area contributed by atoms with Gasteiger partial charge in [-0.2, -0.15) is 4.98 Å². The topological polar surface area (TPSA) is 64.9 Å². The van der Waals surface area contributed by atoms with E-state index in [2.05, 4.69) is 30.9 Å². The summed E-state index contributed by atoms with van der Waals surface area (Å²) in [6.45, 7) is 10.5. The second-order valence-corrected chi connectivity index (χ2v) is 5.56. The molecule has 1 atom stereocenters. The van der Waals surface area contributed by atoms with Gasteiger partial charge in [0.1, 0.15) is 0 Å². The van der Waals surface area contributed by atoms with Crippen LogP contribution >= 0.6 is 0 Å². The molecule has 1 aromatic heterocycles. The van der Waals surface area contributed by atoms with Crippen LogP contribution in [0.2, 0.25) is 0 Å². The first kappa shape index (κ1) is 12.2. The Kier molecular flexibility index (Phi) is 3.50. The first-order valence-corrected chi connectivity index (χ1v) is 5.37. The van der Waals surface area contributed by atoms with Crippen molar-refractivity contribution >= 4 is 0 Å². The summed E-state index contributed by atoms with van der Waals surface area (Å²) in [7, 11) is 0. The predicted molar refractivity (Wildman–Crippen MR) is 59.2 cm³/mol. The minimum atomic E-state index is -0.161. The molecule has 4 heteroatoms. The second-order valence-electron chi connectivity index (χ2n) is 5.56. The molecular formula is C11H21N3O. The van der Waals surface area contributed by atoms with Crippen molar-refractivity contribution in [2.75, 3.05) is 0 Å². The van der Waals surface area contributed by atoms with Crippen molar-refractivity contribution in [2.45, 2.75) is 47.1 Å². The maximum absolute atomic E-state index is 5.92. The molecule has 0 aliphatic heterocycles. The molecule has 0 spiro atoms. The number of aromatic nitrogens is 2. The zero-order valence-corrected chi connectivity index (χ0v) is 10.2. The lowest BCUT2D eigenvalue weighted by Gasteiger charge is -2.14. The summed E-state index contributed by atoms with van der Waals surface area (Å²) in [6.07, 6.45) is 0.807. The summed E-state index contributed by atoms with van der Waals surface area (Å²) in [5, 5.41) is 3.94. The van der Waals surface area contributed by atoms with Gasteiger partial charge in [-0.1, -0.05) is 39.8 Å². The summed E-state index contributed by atoms with van der Waals surface area (Å²) in [5.41, 5.74) is 6.09. The fraction of sp³-hybridized carbons (Fsp3) is 0.818. The number of rotatable bonds is 3. The van der Waals surface area contributed by atoms with Gasteiger partial charge in [-0.25, -0.2) is 0 Å². The third kappa shape index (κ3) is 3.63. The van der Waals surface area contributed by atoms with Crippen LogP contribution in [-0.4, -0.2) is 10.1 Å². The lowest BCUT2D eigenvalue weighted by atomic mass is 9.92. The Balaban J connectivity index is 2.72. The third-order valence-electron chi connectivity index (χ3n) is 2.18. The van der Waals surface area contributed by atoms with E-state index in [1.807, 2.05) is 13.8 Å². The van der Waals surface area contributed by atoms with Gasteiger partial charge in [0.2, 0.25) is 5.89 Å². The highest BCUT2D eigenvalue weighted by molar-refractivity contribution is 4.94. The van der Waals surface area contributed by atoms with Crippen molar-refractivity contribution in [3.8, 4) is 0 Å². The van der Waals surface area contributed by atoms with Crippen LogP contribution in [0.1, 0.15) is 52.4 Å². The molecule has 0 aromatic carbocycles. The van der Waals surface area contributed by atoms with Gasteiger partial charge in [0, 0.05) is 6.42 Å². The van der Waals surface area contributed by atoms with E-state index >= 15 is 0 Å². The predicted octanol–water partition coefficient (Wildman–Crippen LogP) is 2.31. The number of hydrogen-bond donors (Lipinski definition) is 1. The average Bonchev–Trinajstić information content (AvgIpc) is 2.48. The van der Waals surface area contributed by atoms with E-state index in [1.54, 1.807) is 0 Å². The molecule has 0 amide bonds. The quantitative estimate of drug-likeness (QED) is 0.833. The SMILES string of the molecule is CC(C)[C@H](N)c1nc(CC(C)(C)C)no1. The van der Waals surface area contributed by atoms with E-state index in [4.69, 9.17) is 10.3 Å². The van der Waals surface area contributed by atoms with Gasteiger partial charge in [0.05, 0.1) is 6.04 Å². The van der Waals surface area contributed by atoms with Gasteiger partial charge >= 0.3 is 0 Å². The number of nitrogens with zero attached hydrogens (tertiary/aromatic N) is 2. The summed E-state index contributed by atoms with van der Waals surface area (Å²) >= 11 is 0. The first-order valence-electron chi connectivity index (χ1n) is 5.37. The fourth-order valence-electron chi connectivity index (χ4n) is 1.23. The lowest BCUT2D eigenvalue weighted by molar-refractivity contribution is 0.317. The van der Waals surface area contributed by atoms with Crippen molar-refractivity contribution in [1.29, 1.82) is 0 Å². The summed E-state index contributed by atoms with van der Waals surface area (Å²) in [6, 6.07) is -0.161. The highest BCUT2D eigenvalue weighted by Gasteiger charge is 2.20. The molecule has 0 saturated carbocycles. The van der Waals surface area contributed by atoms with Gasteiger partial charge in [0.25, 0.3) is 0 Å². The maximum Gasteiger partial charge on any atom is 0.243 e. The van der Waals surface area contributed by atoms with Crippen molar-refractivity contribution < 1.29 is 4.52 Å². The Bertz CT molecular complexity index is 312. The molecular weight excluding hydrogens is 190 g/mol. The van der Waals surface area contributed by atoms with Crippen LogP contribution in [0.3, 0.4) is 0 Å². The molecule has 0 bridgehead atoms. The van der Waals surface area contributed by atoms with E-state index < -0.39 is 0 Å². The Labute approximate surface area is 91.2 Å². The molecule has 1 heterocycles. The summed E-state index contributed by atoms with van der Waals surface area (Å²) in [4.78, 5) is 4.31. The van der Waals surface area contributed by atoms with Crippen molar-refractivity contribution in [3.05, 3.63) is 11.7 Å². The van der Waals surface area contributed by atoms with Crippen molar-refractivity contribution in [1.82, 2.24) is 10.1 Å². The molecule has 0 radical (unpaired) electrons. The maximum atomic E-state index is 5.92. The van der Waals surface area contributed by atoms with E-state index in [9.17, 15) is 0 Å². The molecule has 1 rings (SSSR count). The van der Waals surface area contributed by atoms with E-state index in [0.717, 1.165) is 12.2 Å². The number of hydrogen-bond acceptors (Lipinski definition) is 4. The zero-order valence-electron chi connectivity index (χ0n) is 10.2. The number of nitrogens with two attached hydrogens (primary N) is 1. The summed E-state index contributed by atoms with van der Waals surface area (Å²) < 4.78 is 5.15. The molecule has 0 unspecified atom stereocenters. The molecule has 1 aromatic rings. The Morgan fingerprint density at radius 3 is 2.40 bits per heavy atom. The molecule has 15 heavy (non-hydrogen) atoms. The third-order valence-corrected chi connectivity index (χ3v) is 2.18. The van der Waals surface area contributed by atoms with Gasteiger partial charge in [-0.05, 0) is 11.3 Å². The van der Waals surface area contributed by atoms with Crippen LogP contribution in [0.4, 0.5) is 0 Å². The van der Waals surface area contributed by atoms with Crippen molar-refractivity contribution in [2.24, 2.45) is 17.1 Å². The minimum Gasteiger partial charge on any atom is -0.338 e. The van der Waals surface area contributed by atoms with Gasteiger partial charge < -0.3 is 10.3 Å². The molecule has 0 aliphatic rings. The fourth-order valence-corrected chi connectivity index (χ4v) is 1.23. The Morgan fingerprint density at radius 2 is 1.93 bits per heavy atom. The van der Waals surface area contributed by atoms with Crippen LogP contribution in [0.15, 0.2) is 4.52 Å². The lowest BCUT2D eigenvalue weighted by Crippen LogP contribution is -2.17. The highest BCUT2D eigenvalue weighted by atomic mass is 16.5. The highest BCUT2D eigenvalue weighted by Crippen LogP contribution is 2.21. The molecule has 0 saturated heterocycles. The van der Waals surface area contributed by atoms with Gasteiger partial charge in [-0.3, -0.25) is 0 Å². The Morgan fingerprint density at radius 1 is 1.33 bits per heavy atom. The van der Waals surface area contributed by atoms with Crippen LogP contribution in [-0.2, 0) is 6.42 Å². The molecule has 0 fully saturated rings. The van der Waals surface area contributed by atoms with Crippen LogP contribution in [0.5, 0.6) is 0 Å². The van der Waals surface area contributed by atoms with Crippen LogP contribution in [0, 0.1) is 11.3 Å². The van der Waals surface area contributed by atoms with Crippen molar-refractivity contribution in [3.63, 3.8) is 0 Å². The minimum absolute atomic E-state index is 0.161. The molecule has 2 N–H and O–H groups in total. The van der Waals surface area contributed by atoms with Crippen LogP contribution < -0.4 is 5.73 Å². The second kappa shape index (κ2) is 4.31. The van der Waals surface area contributed by atoms with E-state index in [1.165, 1.54) is 0 Å². The normalized spacial score (nSPS) is 14.6. The monoisotopic (exact) mass is 211 g/mol. The van der Waals surface area contributed by atoms with Crippen LogP contribution in [0.25, 0.3) is 0 Å². The summed E-state index contributed by atoms with van der Waals surface area (Å²) in [5.74, 6) is 1.60. The first-order chi connectivity index (χ1) is 6.79. The van der Waals surface area contributed by atoms with Gasteiger partial charge in [-0.15, -0.1) is 0 Å². The zero-order chi connectivity index (χ0) is 11.6. The molecule has 86 valence electrons. The molecule has 4 nitrogen and oxygen atoms in total. The van der Waals surface area contributed by atoms with E-state index in [0.29, 0.717) is 11.8 Å². The van der Waals surface area contributed by atoms with E-state index in [-0.39, 0.29) is 11.5 Å². The average molecular weight is 211 g/mol. The standard InChI is InChI=1S/C11H21N3O/c1-7(2)9(12)10-13-8(14-15-10)6-11(3,4)5/h7,9H,6,12H2,1-5H3/t9-/m0/s1. The van der Waals surface area contributed by atoms with Gasteiger partial charge in [0.15, 0.2) is 5.82 Å². The largest absolute Gasteiger partial charge is 0.338 e. The molecule has 0 aliphatic carbocycles. The smallest absolute Gasteiger partial charge is 0.243 e. The Hall–Kier alpha value is -0.900.